The molecule has 0 aliphatic rings. The molecule has 6 nitrogen and oxygen atoms in total. The highest BCUT2D eigenvalue weighted by molar-refractivity contribution is 8.68. The maximum absolute atomic E-state index is 12.1. The molecule has 9 heteroatoms. The summed E-state index contributed by atoms with van der Waals surface area (Å²) in [6, 6.07) is 0. The van der Waals surface area contributed by atoms with E-state index in [2.05, 4.69) is 4.74 Å². The minimum atomic E-state index is -4.41. The number of hydrogen-bond donors (Lipinski definition) is 0. The maximum atomic E-state index is 12.1. The summed E-state index contributed by atoms with van der Waals surface area (Å²) in [6.07, 6.45) is -1.01. The van der Waals surface area contributed by atoms with Gasteiger partial charge in [0.15, 0.2) is 0 Å². The summed E-state index contributed by atoms with van der Waals surface area (Å²) in [4.78, 5) is 24.2. The molecule has 0 heterocycles. The summed E-state index contributed by atoms with van der Waals surface area (Å²) >= 11 is 5.10. The summed E-state index contributed by atoms with van der Waals surface area (Å²) < 4.78 is 87.0. The summed E-state index contributed by atoms with van der Waals surface area (Å²) in [5.41, 5.74) is -4.41. The highest BCUT2D eigenvalue weighted by Crippen LogP contribution is 2.60. The second-order valence-electron chi connectivity index (χ2n) is 2.76. The van der Waals surface area contributed by atoms with Crippen molar-refractivity contribution in [3.8, 4) is 0 Å². The Morgan fingerprint density at radius 2 is 2.00 bits per heavy atom. The molecule has 0 fully saturated rings. The molecule has 0 saturated heterocycles. The average Bonchev–Trinajstić information content (AvgIpc) is 2.48. The van der Waals surface area contributed by atoms with Crippen LogP contribution in [0.25, 0.3) is 0 Å². The van der Waals surface area contributed by atoms with Crippen LogP contribution in [0, 0.1) is 0 Å². The molecule has 0 aromatic heterocycles. The van der Waals surface area contributed by atoms with Crippen molar-refractivity contribution in [3.05, 3.63) is 0 Å². The van der Waals surface area contributed by atoms with E-state index in [0.717, 1.165) is 7.05 Å². The lowest BCUT2D eigenvalue weighted by Crippen LogP contribution is -2.34. The van der Waals surface area contributed by atoms with Crippen LogP contribution in [-0.4, -0.2) is 49.4 Å². The predicted molar refractivity (Wildman–Crippen MR) is 79.8 cm³/mol. The van der Waals surface area contributed by atoms with Gasteiger partial charge >= 0.3 is 6.09 Å². The fourth-order valence-corrected chi connectivity index (χ4v) is 3.61. The smallest absolute Gasteiger partial charge is 0.416 e. The average molecular weight is 339 g/mol. The Labute approximate surface area is 137 Å². The van der Waals surface area contributed by atoms with E-state index in [1.807, 2.05) is 0 Å². The van der Waals surface area contributed by atoms with Crippen molar-refractivity contribution in [2.24, 2.45) is 0 Å². The lowest BCUT2D eigenvalue weighted by Gasteiger charge is -2.21. The van der Waals surface area contributed by atoms with Gasteiger partial charge in [-0.15, -0.1) is 0 Å². The zero-order valence-electron chi connectivity index (χ0n) is 20.2. The molecule has 0 atom stereocenters. The Morgan fingerprint density at radius 1 is 1.42 bits per heavy atom. The van der Waals surface area contributed by atoms with Crippen molar-refractivity contribution in [1.29, 1.82) is 0 Å². The van der Waals surface area contributed by atoms with Crippen LogP contribution in [0.5, 0.6) is 0 Å². The molecule has 0 saturated carbocycles. The molecular formula is C10H20NO5PS2. The summed E-state index contributed by atoms with van der Waals surface area (Å²) in [5.74, 6) is -1.67. The van der Waals surface area contributed by atoms with Crippen molar-refractivity contribution in [1.82, 2.24) is 4.90 Å². The van der Waals surface area contributed by atoms with Gasteiger partial charge in [-0.05, 0) is 32.4 Å². The Bertz CT molecular complexity index is 624. The first-order valence-corrected chi connectivity index (χ1v) is 9.01. The lowest BCUT2D eigenvalue weighted by molar-refractivity contribution is -0.125. The molecule has 0 N–H and O–H groups in total. The van der Waals surface area contributed by atoms with Gasteiger partial charge in [-0.25, -0.2) is 9.69 Å². The van der Waals surface area contributed by atoms with E-state index in [-0.39, 0.29) is 18.0 Å². The minimum absolute atomic E-state index is 0.0225. The van der Waals surface area contributed by atoms with Crippen molar-refractivity contribution < 1.29 is 37.1 Å². The third-order valence-electron chi connectivity index (χ3n) is 1.58. The fraction of sp³-hybridized carbons (Fsp3) is 0.800. The maximum Gasteiger partial charge on any atom is 0.416 e. The number of hydrogen-bond acceptors (Lipinski definition) is 7. The van der Waals surface area contributed by atoms with Gasteiger partial charge in [-0.2, -0.15) is 0 Å². The van der Waals surface area contributed by atoms with Gasteiger partial charge in [0.2, 0.25) is 11.6 Å². The lowest BCUT2D eigenvalue weighted by atomic mass is 10.6. The Kier molecular flexibility index (Phi) is 3.96. The number of amides is 2. The Balaban J connectivity index is 5.69. The SMILES string of the molecule is [2H]C([2H])([2H])C([2H])([2H])OP(=S)(OC([2H])([2H])C([2H])([2H])[2H])SCC(=O)N(C)C(=O)OCC. The molecule has 0 rings (SSSR count). The van der Waals surface area contributed by atoms with Crippen LogP contribution in [-0.2, 0) is 30.4 Å². The largest absolute Gasteiger partial charge is 0.449 e. The van der Waals surface area contributed by atoms with E-state index in [9.17, 15) is 9.59 Å². The van der Waals surface area contributed by atoms with Crippen LogP contribution < -0.4 is 0 Å². The quantitative estimate of drug-likeness (QED) is 0.630. The first-order valence-electron chi connectivity index (χ1n) is 9.78. The van der Waals surface area contributed by atoms with Gasteiger partial charge < -0.3 is 13.8 Å². The van der Waals surface area contributed by atoms with E-state index in [1.165, 1.54) is 6.92 Å². The Morgan fingerprint density at radius 3 is 2.47 bits per heavy atom. The minimum Gasteiger partial charge on any atom is -0.449 e. The van der Waals surface area contributed by atoms with Crippen LogP contribution in [0.15, 0.2) is 0 Å². The number of ether oxygens (including phenoxy) is 1. The molecular weight excluding hydrogens is 309 g/mol. The third-order valence-corrected chi connectivity index (χ3v) is 6.08. The zero-order chi connectivity index (χ0) is 23.5. The highest BCUT2D eigenvalue weighted by atomic mass is 32.9. The van der Waals surface area contributed by atoms with Crippen LogP contribution in [0.4, 0.5) is 4.79 Å². The molecule has 0 unspecified atom stereocenters. The Hall–Kier alpha value is -0.140. The molecule has 0 aromatic carbocycles. The molecule has 0 radical (unpaired) electrons. The van der Waals surface area contributed by atoms with E-state index in [0.29, 0.717) is 4.90 Å². The number of imide groups is 1. The molecule has 2 amide bonds. The number of carbonyl (C=O) groups excluding carboxylic acids is 2. The van der Waals surface area contributed by atoms with E-state index in [1.54, 1.807) is 0 Å². The number of nitrogens with zero attached hydrogens (tertiary/aromatic N) is 1. The van der Waals surface area contributed by atoms with E-state index in [4.69, 9.17) is 34.6 Å². The first-order chi connectivity index (χ1) is 12.7. The van der Waals surface area contributed by atoms with Crippen LogP contribution >= 0.6 is 17.1 Å². The van der Waals surface area contributed by atoms with Crippen molar-refractivity contribution in [3.63, 3.8) is 0 Å². The van der Waals surface area contributed by atoms with Gasteiger partial charge in [0.1, 0.15) is 0 Å². The van der Waals surface area contributed by atoms with Crippen LogP contribution in [0.3, 0.4) is 0 Å². The van der Waals surface area contributed by atoms with E-state index >= 15 is 0 Å². The van der Waals surface area contributed by atoms with Crippen molar-refractivity contribution in [2.45, 2.75) is 20.6 Å². The molecule has 19 heavy (non-hydrogen) atoms. The van der Waals surface area contributed by atoms with Gasteiger partial charge in [-0.1, -0.05) is 11.4 Å². The highest BCUT2D eigenvalue weighted by Gasteiger charge is 2.24. The molecule has 0 aliphatic carbocycles. The van der Waals surface area contributed by atoms with E-state index < -0.39 is 50.3 Å². The summed E-state index contributed by atoms with van der Waals surface area (Å²) in [6.45, 7) is -12.1. The second kappa shape index (κ2) is 9.72. The molecule has 0 aromatic rings. The van der Waals surface area contributed by atoms with Crippen molar-refractivity contribution in [2.75, 3.05) is 32.5 Å². The van der Waals surface area contributed by atoms with Crippen LogP contribution in [0.2, 0.25) is 0 Å². The second-order valence-corrected chi connectivity index (χ2v) is 8.92. The first kappa shape index (κ1) is 7.75. The number of carbonyl (C=O) groups is 2. The standard InChI is InChI=1S/C10H20NO5PS2/c1-5-14-10(13)11(4)9(12)8-19-17(18,15-6-2)16-7-3/h5-8H2,1-4H3/i2D3,3D3,6D2,7D2. The molecule has 112 valence electrons. The monoisotopic (exact) mass is 339 g/mol. The third kappa shape index (κ3) is 7.27. The van der Waals surface area contributed by atoms with Gasteiger partial charge in [0.05, 0.1) is 31.0 Å². The topological polar surface area (TPSA) is 65.1 Å². The van der Waals surface area contributed by atoms with Crippen LogP contribution in [0.1, 0.15) is 34.3 Å². The van der Waals surface area contributed by atoms with Gasteiger partial charge in [0.25, 0.3) is 0 Å². The number of rotatable bonds is 8. The normalized spacial score (nSPS) is 21.8. The predicted octanol–water partition coefficient (Wildman–Crippen LogP) is 2.63. The molecule has 0 spiro atoms. The molecule has 0 bridgehead atoms. The van der Waals surface area contributed by atoms with Gasteiger partial charge in [-0.3, -0.25) is 4.79 Å². The summed E-state index contributed by atoms with van der Waals surface area (Å²) in [7, 11) is 1.06. The van der Waals surface area contributed by atoms with Gasteiger partial charge in [0, 0.05) is 15.3 Å². The van der Waals surface area contributed by atoms with Crippen molar-refractivity contribution >= 4 is 40.9 Å². The summed E-state index contributed by atoms with van der Waals surface area (Å²) in [5, 5.41) is 0. The zero-order valence-corrected chi connectivity index (χ0v) is 12.7. The molecule has 0 aliphatic heterocycles. The fourth-order valence-electron chi connectivity index (χ4n) is 0.736.